The number of hydrogen-bond acceptors (Lipinski definition) is 2. The molecule has 0 radical (unpaired) electrons. The van der Waals surface area contributed by atoms with Crippen LogP contribution in [0.4, 0.5) is 13.2 Å². The molecule has 0 saturated carbocycles. The van der Waals surface area contributed by atoms with Crippen LogP contribution in [0, 0.1) is 0 Å². The Hall–Kier alpha value is -2.34. The lowest BCUT2D eigenvalue weighted by atomic mass is 10.1. The van der Waals surface area contributed by atoms with Crippen LogP contribution >= 0.6 is 0 Å². The number of fused-ring (bicyclic) bond motifs is 1. The van der Waals surface area contributed by atoms with Gasteiger partial charge in [-0.1, -0.05) is 36.4 Å². The first-order valence-electron chi connectivity index (χ1n) is 6.62. The van der Waals surface area contributed by atoms with Crippen molar-refractivity contribution in [2.24, 2.45) is 0 Å². The van der Waals surface area contributed by atoms with Gasteiger partial charge in [0.2, 0.25) is 5.82 Å². The molecule has 3 rings (SSSR count). The zero-order valence-corrected chi connectivity index (χ0v) is 11.8. The van der Waals surface area contributed by atoms with Crippen LogP contribution in [-0.4, -0.2) is 16.7 Å². The molecule has 3 aromatic rings. The molecule has 0 aliphatic rings. The van der Waals surface area contributed by atoms with Gasteiger partial charge in [-0.2, -0.15) is 13.2 Å². The van der Waals surface area contributed by atoms with Crippen LogP contribution in [0.15, 0.2) is 48.5 Å². The number of rotatable bonds is 3. The zero-order valence-electron chi connectivity index (χ0n) is 11.8. The Balaban J connectivity index is 2.21. The predicted molar refractivity (Wildman–Crippen MR) is 77.2 cm³/mol. The van der Waals surface area contributed by atoms with Crippen molar-refractivity contribution in [1.29, 1.82) is 0 Å². The Kier molecular flexibility index (Phi) is 3.62. The molecule has 0 bridgehead atoms. The van der Waals surface area contributed by atoms with Gasteiger partial charge in [-0.05, 0) is 23.3 Å². The highest BCUT2D eigenvalue weighted by Gasteiger charge is 2.37. The quantitative estimate of drug-likeness (QED) is 0.720. The third-order valence-corrected chi connectivity index (χ3v) is 3.37. The van der Waals surface area contributed by atoms with Gasteiger partial charge in [-0.15, -0.1) is 0 Å². The molecule has 22 heavy (non-hydrogen) atoms. The lowest BCUT2D eigenvalue weighted by Gasteiger charge is -2.10. The normalized spacial score (nSPS) is 12.0. The molecule has 0 saturated heterocycles. The van der Waals surface area contributed by atoms with Crippen LogP contribution in [0.25, 0.3) is 22.2 Å². The first-order valence-corrected chi connectivity index (χ1v) is 6.62. The summed E-state index contributed by atoms with van der Waals surface area (Å²) < 4.78 is 45.2. The molecular weight excluding hydrogens is 293 g/mol. The molecule has 0 amide bonds. The van der Waals surface area contributed by atoms with Crippen LogP contribution in [0.5, 0.6) is 0 Å². The number of imidazole rings is 1. The molecule has 0 unspecified atom stereocenters. The van der Waals surface area contributed by atoms with Crippen LogP contribution in [-0.2, 0) is 17.6 Å². The standard InChI is InChI=1S/C16H13F3N2O/c1-22-10-21-14-9-12(11-5-3-2-4-6-11)7-8-13(14)20-15(21)16(17,18)19/h2-9H,10H2,1H3. The highest BCUT2D eigenvalue weighted by Crippen LogP contribution is 2.33. The van der Waals surface area contributed by atoms with Crippen molar-refractivity contribution < 1.29 is 17.9 Å². The Morgan fingerprint density at radius 1 is 1.05 bits per heavy atom. The zero-order chi connectivity index (χ0) is 15.7. The van der Waals surface area contributed by atoms with Gasteiger partial charge in [0.1, 0.15) is 6.73 Å². The number of benzene rings is 2. The van der Waals surface area contributed by atoms with Gasteiger partial charge in [0.05, 0.1) is 11.0 Å². The van der Waals surface area contributed by atoms with E-state index in [-0.39, 0.29) is 6.73 Å². The average molecular weight is 306 g/mol. The molecule has 0 fully saturated rings. The molecule has 0 aliphatic carbocycles. The van der Waals surface area contributed by atoms with Crippen LogP contribution in [0.1, 0.15) is 5.82 Å². The van der Waals surface area contributed by atoms with E-state index in [4.69, 9.17) is 4.74 Å². The van der Waals surface area contributed by atoms with Crippen LogP contribution in [0.2, 0.25) is 0 Å². The van der Waals surface area contributed by atoms with E-state index >= 15 is 0 Å². The molecule has 3 nitrogen and oxygen atoms in total. The Morgan fingerprint density at radius 2 is 1.77 bits per heavy atom. The smallest absolute Gasteiger partial charge is 0.364 e. The fourth-order valence-corrected chi connectivity index (χ4v) is 2.41. The van der Waals surface area contributed by atoms with Crippen molar-refractivity contribution in [2.45, 2.75) is 12.9 Å². The molecule has 0 N–H and O–H groups in total. The average Bonchev–Trinajstić information content (AvgIpc) is 2.87. The lowest BCUT2D eigenvalue weighted by Crippen LogP contribution is -2.15. The van der Waals surface area contributed by atoms with E-state index in [0.29, 0.717) is 11.0 Å². The summed E-state index contributed by atoms with van der Waals surface area (Å²) in [7, 11) is 1.35. The number of aromatic nitrogens is 2. The maximum atomic E-state index is 13.1. The Labute approximate surface area is 125 Å². The second-order valence-electron chi connectivity index (χ2n) is 4.85. The SMILES string of the molecule is COCn1c(C(F)(F)F)nc2ccc(-c3ccccc3)cc21. The maximum Gasteiger partial charge on any atom is 0.449 e. The van der Waals surface area contributed by atoms with Crippen molar-refractivity contribution in [3.63, 3.8) is 0 Å². The summed E-state index contributed by atoms with van der Waals surface area (Å²) in [6.45, 7) is -0.205. The van der Waals surface area contributed by atoms with Gasteiger partial charge in [0.15, 0.2) is 0 Å². The maximum absolute atomic E-state index is 13.1. The van der Waals surface area contributed by atoms with Gasteiger partial charge >= 0.3 is 6.18 Å². The monoisotopic (exact) mass is 306 g/mol. The third-order valence-electron chi connectivity index (χ3n) is 3.37. The molecule has 114 valence electrons. The van der Waals surface area contributed by atoms with Crippen LogP contribution < -0.4 is 0 Å². The van der Waals surface area contributed by atoms with E-state index in [2.05, 4.69) is 4.98 Å². The highest BCUT2D eigenvalue weighted by atomic mass is 19.4. The number of ether oxygens (including phenoxy) is 1. The van der Waals surface area contributed by atoms with Gasteiger partial charge in [0.25, 0.3) is 0 Å². The van der Waals surface area contributed by atoms with E-state index in [1.165, 1.54) is 7.11 Å². The van der Waals surface area contributed by atoms with Crippen molar-refractivity contribution in [1.82, 2.24) is 9.55 Å². The minimum atomic E-state index is -4.52. The number of hydrogen-bond donors (Lipinski definition) is 0. The summed E-state index contributed by atoms with van der Waals surface area (Å²) in [5.41, 5.74) is 2.46. The molecule has 2 aromatic carbocycles. The summed E-state index contributed by atoms with van der Waals surface area (Å²) in [5.74, 6) is -0.949. The van der Waals surface area contributed by atoms with Gasteiger partial charge in [0, 0.05) is 7.11 Å². The van der Waals surface area contributed by atoms with Crippen molar-refractivity contribution >= 4 is 11.0 Å². The first kappa shape index (κ1) is 14.6. The minimum absolute atomic E-state index is 0.205. The van der Waals surface area contributed by atoms with Gasteiger partial charge in [-0.3, -0.25) is 4.57 Å². The molecule has 1 aromatic heterocycles. The van der Waals surface area contributed by atoms with Crippen LogP contribution in [0.3, 0.4) is 0 Å². The molecule has 6 heteroatoms. The number of alkyl halides is 3. The second-order valence-corrected chi connectivity index (χ2v) is 4.85. The largest absolute Gasteiger partial charge is 0.449 e. The van der Waals surface area contributed by atoms with Crippen molar-refractivity contribution in [3.8, 4) is 11.1 Å². The van der Waals surface area contributed by atoms with E-state index in [1.54, 1.807) is 18.2 Å². The summed E-state index contributed by atoms with van der Waals surface area (Å²) >= 11 is 0. The van der Waals surface area contributed by atoms with Crippen molar-refractivity contribution in [3.05, 3.63) is 54.4 Å². The Morgan fingerprint density at radius 3 is 2.41 bits per heavy atom. The molecule has 0 aliphatic heterocycles. The Bertz CT molecular complexity index is 794. The van der Waals surface area contributed by atoms with Gasteiger partial charge < -0.3 is 4.74 Å². The molecule has 1 heterocycles. The lowest BCUT2D eigenvalue weighted by molar-refractivity contribution is -0.148. The predicted octanol–water partition coefficient (Wildman–Crippen LogP) is 4.33. The fourth-order valence-electron chi connectivity index (χ4n) is 2.41. The van der Waals surface area contributed by atoms with Crippen molar-refractivity contribution in [2.75, 3.05) is 7.11 Å². The molecule has 0 spiro atoms. The third kappa shape index (κ3) is 2.57. The molecule has 0 atom stereocenters. The molecular formula is C16H13F3N2O. The van der Waals surface area contributed by atoms with E-state index in [1.807, 2.05) is 30.3 Å². The van der Waals surface area contributed by atoms with E-state index in [0.717, 1.165) is 15.7 Å². The topological polar surface area (TPSA) is 27.1 Å². The first-order chi connectivity index (χ1) is 10.5. The van der Waals surface area contributed by atoms with E-state index in [9.17, 15) is 13.2 Å². The summed E-state index contributed by atoms with van der Waals surface area (Å²) in [5, 5.41) is 0. The summed E-state index contributed by atoms with van der Waals surface area (Å²) in [6.07, 6.45) is -4.52. The highest BCUT2D eigenvalue weighted by molar-refractivity contribution is 5.82. The number of nitrogens with zero attached hydrogens (tertiary/aromatic N) is 2. The summed E-state index contributed by atoms with van der Waals surface area (Å²) in [4.78, 5) is 3.70. The van der Waals surface area contributed by atoms with E-state index < -0.39 is 12.0 Å². The summed E-state index contributed by atoms with van der Waals surface area (Å²) in [6, 6.07) is 14.5. The fraction of sp³-hybridized carbons (Fsp3) is 0.188. The second kappa shape index (κ2) is 5.46. The minimum Gasteiger partial charge on any atom is -0.364 e. The number of halogens is 3. The van der Waals surface area contributed by atoms with Gasteiger partial charge in [-0.25, -0.2) is 4.98 Å². The number of methoxy groups -OCH3 is 1.